The summed E-state index contributed by atoms with van der Waals surface area (Å²) in [7, 11) is -4.01. The van der Waals surface area contributed by atoms with Crippen LogP contribution in [0.2, 0.25) is 0 Å². The number of rotatable bonds is 9. The van der Waals surface area contributed by atoms with E-state index in [0.29, 0.717) is 23.8 Å². The molecular weight excluding hydrogens is 500 g/mol. The van der Waals surface area contributed by atoms with Gasteiger partial charge in [-0.05, 0) is 62.0 Å². The molecular formula is C26H21F2N5O3S. The van der Waals surface area contributed by atoms with Gasteiger partial charge in [0, 0.05) is 40.7 Å². The predicted molar refractivity (Wildman–Crippen MR) is 134 cm³/mol. The second kappa shape index (κ2) is 10.7. The van der Waals surface area contributed by atoms with E-state index in [9.17, 15) is 12.8 Å². The van der Waals surface area contributed by atoms with Crippen LogP contribution in [0.4, 0.5) is 8.78 Å². The van der Waals surface area contributed by atoms with Crippen LogP contribution in [0.25, 0.3) is 21.3 Å². The van der Waals surface area contributed by atoms with Gasteiger partial charge in [0.05, 0.1) is 16.0 Å². The topological polar surface area (TPSA) is 121 Å². The lowest BCUT2D eigenvalue weighted by atomic mass is 10.0. The maximum absolute atomic E-state index is 15.5. The number of azide groups is 1. The molecule has 0 saturated heterocycles. The van der Waals surface area contributed by atoms with Gasteiger partial charge >= 0.3 is 0 Å². The first-order chi connectivity index (χ1) is 17.8. The highest BCUT2D eigenvalue weighted by atomic mass is 32.2. The van der Waals surface area contributed by atoms with Crippen molar-refractivity contribution in [1.29, 1.82) is 5.26 Å². The molecule has 37 heavy (non-hydrogen) atoms. The van der Waals surface area contributed by atoms with Crippen LogP contribution < -0.4 is 4.74 Å². The van der Waals surface area contributed by atoms with Crippen LogP contribution in [-0.4, -0.2) is 18.9 Å². The Hall–Kier alpha value is -4.39. The third-order valence-corrected chi connectivity index (χ3v) is 7.53. The van der Waals surface area contributed by atoms with Gasteiger partial charge in [-0.2, -0.15) is 5.26 Å². The standard InChI is InChI=1S/C26H21F2N5O3S/c1-17-5-8-20(9-6-17)37(34,35)33-13-11-21-22(4-2-3-12-31-32-30)26(24(28)15-25(21)33)36-19-7-10-23(27)18(14-19)16-29/h5-11,13-15H,2-4,12H2,1H3. The molecule has 0 fully saturated rings. The van der Waals surface area contributed by atoms with Crippen molar-refractivity contribution in [3.63, 3.8) is 0 Å². The van der Waals surface area contributed by atoms with Gasteiger partial charge in [-0.1, -0.05) is 22.8 Å². The Morgan fingerprint density at radius 2 is 1.84 bits per heavy atom. The molecule has 3 aromatic carbocycles. The molecule has 4 aromatic rings. The van der Waals surface area contributed by atoms with Crippen molar-refractivity contribution in [2.75, 3.05) is 6.54 Å². The van der Waals surface area contributed by atoms with E-state index in [1.807, 2.05) is 6.92 Å². The molecule has 0 atom stereocenters. The lowest BCUT2D eigenvalue weighted by Crippen LogP contribution is -2.12. The Morgan fingerprint density at radius 3 is 2.54 bits per heavy atom. The van der Waals surface area contributed by atoms with E-state index < -0.39 is 21.7 Å². The number of hydrogen-bond acceptors (Lipinski definition) is 5. The fourth-order valence-electron chi connectivity index (χ4n) is 3.97. The monoisotopic (exact) mass is 521 g/mol. The van der Waals surface area contributed by atoms with E-state index in [1.165, 1.54) is 24.4 Å². The van der Waals surface area contributed by atoms with E-state index in [-0.39, 0.29) is 40.4 Å². The first-order valence-electron chi connectivity index (χ1n) is 11.3. The summed E-state index contributed by atoms with van der Waals surface area (Å²) in [6.45, 7) is 2.09. The van der Waals surface area contributed by atoms with Crippen LogP contribution in [0.3, 0.4) is 0 Å². The number of aryl methyl sites for hydroxylation is 2. The summed E-state index contributed by atoms with van der Waals surface area (Å²) in [6.07, 6.45) is 2.65. The van der Waals surface area contributed by atoms with E-state index >= 15 is 4.39 Å². The highest BCUT2D eigenvalue weighted by Crippen LogP contribution is 2.37. The second-order valence-electron chi connectivity index (χ2n) is 8.30. The summed E-state index contributed by atoms with van der Waals surface area (Å²) in [6, 6.07) is 14.2. The zero-order valence-electron chi connectivity index (χ0n) is 19.7. The molecule has 0 aliphatic rings. The van der Waals surface area contributed by atoms with Crippen molar-refractivity contribution in [1.82, 2.24) is 3.97 Å². The zero-order valence-corrected chi connectivity index (χ0v) is 20.5. The fourth-order valence-corrected chi connectivity index (χ4v) is 5.31. The average molecular weight is 522 g/mol. The Kier molecular flexibility index (Phi) is 7.43. The summed E-state index contributed by atoms with van der Waals surface area (Å²) in [5.74, 6) is -1.66. The van der Waals surface area contributed by atoms with Gasteiger partial charge in [0.15, 0.2) is 11.6 Å². The third kappa shape index (κ3) is 5.26. The van der Waals surface area contributed by atoms with Crippen molar-refractivity contribution >= 4 is 20.9 Å². The van der Waals surface area contributed by atoms with E-state index in [4.69, 9.17) is 15.5 Å². The van der Waals surface area contributed by atoms with Crippen molar-refractivity contribution in [3.8, 4) is 17.6 Å². The molecule has 0 bridgehead atoms. The molecule has 0 saturated carbocycles. The van der Waals surface area contributed by atoms with Crippen LogP contribution in [0.1, 0.15) is 29.5 Å². The van der Waals surface area contributed by atoms with E-state index in [0.717, 1.165) is 27.7 Å². The lowest BCUT2D eigenvalue weighted by molar-refractivity contribution is 0.435. The number of nitriles is 1. The number of fused-ring (bicyclic) bond motifs is 1. The molecule has 1 aromatic heterocycles. The molecule has 0 amide bonds. The van der Waals surface area contributed by atoms with Gasteiger partial charge in [0.1, 0.15) is 17.6 Å². The molecule has 1 heterocycles. The van der Waals surface area contributed by atoms with E-state index in [1.54, 1.807) is 24.3 Å². The summed E-state index contributed by atoms with van der Waals surface area (Å²) in [5, 5.41) is 13.1. The first-order valence-corrected chi connectivity index (χ1v) is 12.7. The molecule has 11 heteroatoms. The number of benzene rings is 3. The Labute approximate surface area is 212 Å². The average Bonchev–Trinajstić information content (AvgIpc) is 3.31. The number of unbranched alkanes of at least 4 members (excludes halogenated alkanes) is 1. The molecule has 0 unspecified atom stereocenters. The number of hydrogen-bond donors (Lipinski definition) is 0. The summed E-state index contributed by atoms with van der Waals surface area (Å²) in [5.41, 5.74) is 9.67. The fraction of sp³-hybridized carbons (Fsp3) is 0.192. The quantitative estimate of drug-likeness (QED) is 0.104. The van der Waals surface area contributed by atoms with Crippen LogP contribution in [0.15, 0.2) is 70.8 Å². The van der Waals surface area contributed by atoms with Gasteiger partial charge in [-0.3, -0.25) is 0 Å². The number of ether oxygens (including phenoxy) is 1. The van der Waals surface area contributed by atoms with Gasteiger partial charge in [0.25, 0.3) is 10.0 Å². The normalized spacial score (nSPS) is 11.2. The number of nitrogens with zero attached hydrogens (tertiary/aromatic N) is 5. The summed E-state index contributed by atoms with van der Waals surface area (Å²) < 4.78 is 62.8. The molecule has 188 valence electrons. The third-order valence-electron chi connectivity index (χ3n) is 5.82. The SMILES string of the molecule is Cc1ccc(S(=O)(=O)n2ccc3c(CCCCN=[N+]=[N-])c(Oc4ccc(F)c(C#N)c4)c(F)cc32)cc1. The van der Waals surface area contributed by atoms with Crippen molar-refractivity contribution < 1.29 is 21.9 Å². The van der Waals surface area contributed by atoms with Crippen LogP contribution in [-0.2, 0) is 16.4 Å². The van der Waals surface area contributed by atoms with Crippen LogP contribution in [0, 0.1) is 29.9 Å². The van der Waals surface area contributed by atoms with E-state index in [2.05, 4.69) is 10.0 Å². The largest absolute Gasteiger partial charge is 0.454 e. The van der Waals surface area contributed by atoms with Gasteiger partial charge in [-0.25, -0.2) is 21.2 Å². The summed E-state index contributed by atoms with van der Waals surface area (Å²) >= 11 is 0. The molecule has 0 aliphatic carbocycles. The minimum atomic E-state index is -4.01. The van der Waals surface area contributed by atoms with Gasteiger partial charge < -0.3 is 4.74 Å². The number of halogens is 2. The molecule has 0 N–H and O–H groups in total. The zero-order chi connectivity index (χ0) is 26.6. The maximum Gasteiger partial charge on any atom is 0.268 e. The highest BCUT2D eigenvalue weighted by Gasteiger charge is 2.24. The maximum atomic E-state index is 15.5. The smallest absolute Gasteiger partial charge is 0.268 e. The van der Waals surface area contributed by atoms with Crippen molar-refractivity contribution in [3.05, 3.63) is 99.6 Å². The number of aromatic nitrogens is 1. The molecule has 4 rings (SSSR count). The lowest BCUT2D eigenvalue weighted by Gasteiger charge is -2.15. The van der Waals surface area contributed by atoms with Crippen LogP contribution in [0.5, 0.6) is 11.5 Å². The van der Waals surface area contributed by atoms with Gasteiger partial charge in [-0.15, -0.1) is 0 Å². The molecule has 0 aliphatic heterocycles. The minimum absolute atomic E-state index is 0.0539. The molecule has 0 spiro atoms. The molecule has 8 nitrogen and oxygen atoms in total. The Bertz CT molecular complexity index is 1670. The first kappa shape index (κ1) is 25.7. The summed E-state index contributed by atoms with van der Waals surface area (Å²) in [4.78, 5) is 2.78. The van der Waals surface area contributed by atoms with Crippen molar-refractivity contribution in [2.45, 2.75) is 31.1 Å². The van der Waals surface area contributed by atoms with Crippen LogP contribution >= 0.6 is 0 Å². The Balaban J connectivity index is 1.83. The minimum Gasteiger partial charge on any atom is -0.454 e. The Morgan fingerprint density at radius 1 is 1.08 bits per heavy atom. The molecule has 0 radical (unpaired) electrons. The van der Waals surface area contributed by atoms with Crippen molar-refractivity contribution in [2.24, 2.45) is 5.11 Å². The second-order valence-corrected chi connectivity index (χ2v) is 10.1. The van der Waals surface area contributed by atoms with Gasteiger partial charge in [0.2, 0.25) is 0 Å². The highest BCUT2D eigenvalue weighted by molar-refractivity contribution is 7.90. The predicted octanol–water partition coefficient (Wildman–Crippen LogP) is 6.76.